The lowest BCUT2D eigenvalue weighted by Gasteiger charge is -2.28. The highest BCUT2D eigenvalue weighted by Gasteiger charge is 2.21. The standard InChI is InChI=1S/C19H18ClN3O2S/c1-25-15-5-4-12(17(20)18(15)24)10-23-7-6-14-13(11-23)9-21-19(22-14)16-3-2-8-26-16/h2-5,8-9,24H,6-7,10-11H2,1H3. The highest BCUT2D eigenvalue weighted by atomic mass is 35.5. The fourth-order valence-electron chi connectivity index (χ4n) is 3.15. The van der Waals surface area contributed by atoms with E-state index in [1.165, 1.54) is 7.11 Å². The predicted molar refractivity (Wildman–Crippen MR) is 103 cm³/mol. The third-order valence-electron chi connectivity index (χ3n) is 4.53. The monoisotopic (exact) mass is 387 g/mol. The highest BCUT2D eigenvalue weighted by Crippen LogP contribution is 2.37. The molecule has 3 heterocycles. The van der Waals surface area contributed by atoms with Gasteiger partial charge < -0.3 is 9.84 Å². The molecular weight excluding hydrogens is 370 g/mol. The lowest BCUT2D eigenvalue weighted by atomic mass is 10.1. The second-order valence-corrected chi connectivity index (χ2v) is 7.52. The molecule has 4 rings (SSSR count). The van der Waals surface area contributed by atoms with Crippen molar-refractivity contribution in [3.8, 4) is 22.2 Å². The largest absolute Gasteiger partial charge is 0.503 e. The number of halogens is 1. The minimum absolute atomic E-state index is 0.00648. The van der Waals surface area contributed by atoms with Gasteiger partial charge in [-0.2, -0.15) is 0 Å². The van der Waals surface area contributed by atoms with E-state index in [4.69, 9.17) is 21.3 Å². The van der Waals surface area contributed by atoms with Gasteiger partial charge in [-0.25, -0.2) is 9.97 Å². The summed E-state index contributed by atoms with van der Waals surface area (Å²) in [4.78, 5) is 12.6. The van der Waals surface area contributed by atoms with E-state index in [9.17, 15) is 5.11 Å². The van der Waals surface area contributed by atoms with Gasteiger partial charge in [0, 0.05) is 37.8 Å². The molecule has 1 N–H and O–H groups in total. The number of hydrogen-bond donors (Lipinski definition) is 1. The summed E-state index contributed by atoms with van der Waals surface area (Å²) in [6.07, 6.45) is 2.80. The topological polar surface area (TPSA) is 58.5 Å². The van der Waals surface area contributed by atoms with Crippen LogP contribution < -0.4 is 4.74 Å². The van der Waals surface area contributed by atoms with Crippen molar-refractivity contribution >= 4 is 22.9 Å². The van der Waals surface area contributed by atoms with Crippen molar-refractivity contribution in [2.24, 2.45) is 0 Å². The number of fused-ring (bicyclic) bond motifs is 1. The van der Waals surface area contributed by atoms with Gasteiger partial charge in [-0.15, -0.1) is 11.3 Å². The van der Waals surface area contributed by atoms with Crippen LogP contribution in [0.1, 0.15) is 16.8 Å². The smallest absolute Gasteiger partial charge is 0.177 e. The zero-order valence-electron chi connectivity index (χ0n) is 14.3. The van der Waals surface area contributed by atoms with Crippen molar-refractivity contribution in [2.45, 2.75) is 19.5 Å². The first-order valence-corrected chi connectivity index (χ1v) is 9.57. The Balaban J connectivity index is 1.52. The zero-order chi connectivity index (χ0) is 18.1. The van der Waals surface area contributed by atoms with Gasteiger partial charge in [0.1, 0.15) is 0 Å². The van der Waals surface area contributed by atoms with E-state index in [1.807, 2.05) is 29.8 Å². The molecule has 7 heteroatoms. The van der Waals surface area contributed by atoms with E-state index >= 15 is 0 Å². The predicted octanol–water partition coefficient (Wildman–Crippen LogP) is 4.13. The summed E-state index contributed by atoms with van der Waals surface area (Å²) in [6, 6.07) is 7.69. The van der Waals surface area contributed by atoms with Gasteiger partial charge in [-0.3, -0.25) is 4.90 Å². The molecule has 0 amide bonds. The SMILES string of the molecule is COc1ccc(CN2CCc3nc(-c4cccs4)ncc3C2)c(Cl)c1O. The van der Waals surface area contributed by atoms with Gasteiger partial charge in [0.05, 0.1) is 22.7 Å². The zero-order valence-corrected chi connectivity index (χ0v) is 15.8. The van der Waals surface area contributed by atoms with Gasteiger partial charge in [0.2, 0.25) is 0 Å². The minimum atomic E-state index is -0.00648. The molecule has 0 spiro atoms. The van der Waals surface area contributed by atoms with E-state index in [1.54, 1.807) is 17.4 Å². The summed E-state index contributed by atoms with van der Waals surface area (Å²) in [5.41, 5.74) is 3.14. The molecule has 0 aliphatic carbocycles. The average Bonchev–Trinajstić information content (AvgIpc) is 3.20. The normalized spacial score (nSPS) is 14.2. The number of aromatic nitrogens is 2. The van der Waals surface area contributed by atoms with Crippen LogP contribution in [0.15, 0.2) is 35.8 Å². The maximum absolute atomic E-state index is 10.1. The van der Waals surface area contributed by atoms with Crippen LogP contribution in [0.2, 0.25) is 5.02 Å². The average molecular weight is 388 g/mol. The molecule has 3 aromatic rings. The summed E-state index contributed by atoms with van der Waals surface area (Å²) in [6.45, 7) is 2.31. The molecule has 0 bridgehead atoms. The Bertz CT molecular complexity index is 931. The molecule has 5 nitrogen and oxygen atoms in total. The van der Waals surface area contributed by atoms with Crippen LogP contribution in [-0.4, -0.2) is 33.6 Å². The van der Waals surface area contributed by atoms with Gasteiger partial charge in [0.15, 0.2) is 17.3 Å². The van der Waals surface area contributed by atoms with Crippen molar-refractivity contribution < 1.29 is 9.84 Å². The van der Waals surface area contributed by atoms with E-state index in [-0.39, 0.29) is 5.75 Å². The van der Waals surface area contributed by atoms with Gasteiger partial charge in [-0.1, -0.05) is 23.7 Å². The van der Waals surface area contributed by atoms with Crippen LogP contribution in [-0.2, 0) is 19.5 Å². The second-order valence-electron chi connectivity index (χ2n) is 6.19. The van der Waals surface area contributed by atoms with Crippen LogP contribution in [0.25, 0.3) is 10.7 Å². The van der Waals surface area contributed by atoms with Crippen molar-refractivity contribution in [1.82, 2.24) is 14.9 Å². The third kappa shape index (κ3) is 3.28. The van der Waals surface area contributed by atoms with Crippen LogP contribution >= 0.6 is 22.9 Å². The number of benzene rings is 1. The molecule has 0 unspecified atom stereocenters. The number of phenols is 1. The molecule has 1 aromatic carbocycles. The van der Waals surface area contributed by atoms with E-state index in [0.29, 0.717) is 17.3 Å². The second kappa shape index (κ2) is 7.23. The minimum Gasteiger partial charge on any atom is -0.503 e. The highest BCUT2D eigenvalue weighted by molar-refractivity contribution is 7.13. The molecule has 134 valence electrons. The Kier molecular flexibility index (Phi) is 4.80. The molecule has 0 saturated heterocycles. The molecule has 0 atom stereocenters. The van der Waals surface area contributed by atoms with Gasteiger partial charge in [0.25, 0.3) is 0 Å². The Morgan fingerprint density at radius 2 is 2.23 bits per heavy atom. The number of rotatable bonds is 4. The molecule has 0 saturated carbocycles. The van der Waals surface area contributed by atoms with Crippen LogP contribution in [0.3, 0.4) is 0 Å². The molecule has 0 fully saturated rings. The van der Waals surface area contributed by atoms with Crippen molar-refractivity contribution in [2.75, 3.05) is 13.7 Å². The maximum atomic E-state index is 10.1. The first-order valence-electron chi connectivity index (χ1n) is 8.31. The first kappa shape index (κ1) is 17.3. The van der Waals surface area contributed by atoms with Gasteiger partial charge >= 0.3 is 0 Å². The third-order valence-corrected chi connectivity index (χ3v) is 5.82. The molecule has 26 heavy (non-hydrogen) atoms. The van der Waals surface area contributed by atoms with Crippen molar-refractivity contribution in [3.63, 3.8) is 0 Å². The number of nitrogens with zero attached hydrogens (tertiary/aromatic N) is 3. The fraction of sp³-hybridized carbons (Fsp3) is 0.263. The summed E-state index contributed by atoms with van der Waals surface area (Å²) in [5, 5.41) is 12.5. The molecular formula is C19H18ClN3O2S. The molecule has 2 aromatic heterocycles. The summed E-state index contributed by atoms with van der Waals surface area (Å²) >= 11 is 7.95. The summed E-state index contributed by atoms with van der Waals surface area (Å²) in [7, 11) is 1.51. The number of ether oxygens (including phenoxy) is 1. The quantitative estimate of drug-likeness (QED) is 0.729. The molecule has 1 aliphatic heterocycles. The molecule has 0 radical (unpaired) electrons. The number of methoxy groups -OCH3 is 1. The van der Waals surface area contributed by atoms with Crippen LogP contribution in [0, 0.1) is 0 Å². The summed E-state index contributed by atoms with van der Waals surface area (Å²) < 4.78 is 5.10. The Morgan fingerprint density at radius 1 is 1.35 bits per heavy atom. The maximum Gasteiger partial charge on any atom is 0.177 e. The lowest BCUT2D eigenvalue weighted by Crippen LogP contribution is -2.31. The Labute approximate surface area is 160 Å². The van der Waals surface area contributed by atoms with Gasteiger partial charge in [-0.05, 0) is 23.1 Å². The van der Waals surface area contributed by atoms with Crippen molar-refractivity contribution in [3.05, 3.63) is 57.7 Å². The Morgan fingerprint density at radius 3 is 3.00 bits per heavy atom. The van der Waals surface area contributed by atoms with Crippen LogP contribution in [0.5, 0.6) is 11.5 Å². The number of phenolic OH excluding ortho intramolecular Hbond substituents is 1. The summed E-state index contributed by atoms with van der Waals surface area (Å²) in [5.74, 6) is 1.18. The Hall–Kier alpha value is -2.15. The van der Waals surface area contributed by atoms with E-state index in [0.717, 1.165) is 47.0 Å². The van der Waals surface area contributed by atoms with Crippen LogP contribution in [0.4, 0.5) is 0 Å². The number of hydrogen-bond acceptors (Lipinski definition) is 6. The lowest BCUT2D eigenvalue weighted by molar-refractivity contribution is 0.242. The van der Waals surface area contributed by atoms with E-state index in [2.05, 4.69) is 9.88 Å². The fourth-order valence-corrected chi connectivity index (χ4v) is 4.03. The molecule has 1 aliphatic rings. The number of thiophene rings is 1. The van der Waals surface area contributed by atoms with E-state index < -0.39 is 0 Å². The first-order chi connectivity index (χ1) is 12.7. The number of aromatic hydroxyl groups is 1. The van der Waals surface area contributed by atoms with Crippen molar-refractivity contribution in [1.29, 1.82) is 0 Å².